The van der Waals surface area contributed by atoms with E-state index < -0.39 is 23.9 Å². The van der Waals surface area contributed by atoms with Crippen molar-refractivity contribution in [1.29, 1.82) is 0 Å². The molecule has 0 aromatic heterocycles. The first-order valence-electron chi connectivity index (χ1n) is 5.37. The highest BCUT2D eigenvalue weighted by Gasteiger charge is 2.28. The number of likely N-dealkylation sites (tertiary alicyclic amines) is 1. The average Bonchev–Trinajstić information content (AvgIpc) is 2.35. The number of hydrogen-bond acceptors (Lipinski definition) is 4. The summed E-state index contributed by atoms with van der Waals surface area (Å²) in [7, 11) is 1.23. The van der Waals surface area contributed by atoms with E-state index in [2.05, 4.69) is 10.1 Å². The van der Waals surface area contributed by atoms with Crippen molar-refractivity contribution in [3.63, 3.8) is 0 Å². The third-order valence-electron chi connectivity index (χ3n) is 2.67. The molecule has 1 unspecified atom stereocenters. The summed E-state index contributed by atoms with van der Waals surface area (Å²) in [4.78, 5) is 34.6. The Morgan fingerprint density at radius 1 is 1.47 bits per heavy atom. The van der Waals surface area contributed by atoms with Gasteiger partial charge in [-0.1, -0.05) is 0 Å². The topological polar surface area (TPSA) is 95.9 Å². The predicted octanol–water partition coefficient (Wildman–Crippen LogP) is -0.334. The predicted molar refractivity (Wildman–Crippen MR) is 57.3 cm³/mol. The summed E-state index contributed by atoms with van der Waals surface area (Å²) in [6.45, 7) is 0.489. The Balaban J connectivity index is 2.41. The zero-order valence-electron chi connectivity index (χ0n) is 9.64. The number of carbonyl (C=O) groups excluding carboxylic acids is 2. The van der Waals surface area contributed by atoms with Gasteiger partial charge in [-0.25, -0.2) is 4.79 Å². The minimum absolute atomic E-state index is 0.183. The van der Waals surface area contributed by atoms with Crippen molar-refractivity contribution in [2.24, 2.45) is 5.92 Å². The van der Waals surface area contributed by atoms with Crippen LogP contribution < -0.4 is 5.32 Å². The molecule has 7 nitrogen and oxygen atoms in total. The van der Waals surface area contributed by atoms with Gasteiger partial charge in [-0.3, -0.25) is 9.59 Å². The summed E-state index contributed by atoms with van der Waals surface area (Å²) in [5.41, 5.74) is 0. The zero-order chi connectivity index (χ0) is 12.8. The molecule has 1 atom stereocenters. The zero-order valence-corrected chi connectivity index (χ0v) is 9.64. The van der Waals surface area contributed by atoms with Crippen molar-refractivity contribution >= 4 is 18.0 Å². The molecule has 1 aliphatic rings. The number of aliphatic carboxylic acids is 1. The minimum atomic E-state index is -0.893. The second-order valence-corrected chi connectivity index (χ2v) is 3.86. The maximum atomic E-state index is 11.6. The Morgan fingerprint density at radius 3 is 2.76 bits per heavy atom. The van der Waals surface area contributed by atoms with Crippen LogP contribution in [0.3, 0.4) is 0 Å². The highest BCUT2D eigenvalue weighted by Crippen LogP contribution is 2.16. The summed E-state index contributed by atoms with van der Waals surface area (Å²) < 4.78 is 4.38. The first kappa shape index (κ1) is 13.3. The van der Waals surface area contributed by atoms with Gasteiger partial charge in [0.1, 0.15) is 6.54 Å². The van der Waals surface area contributed by atoms with E-state index in [0.717, 1.165) is 0 Å². The number of nitrogens with zero attached hydrogens (tertiary/aromatic N) is 1. The van der Waals surface area contributed by atoms with Crippen LogP contribution in [-0.4, -0.2) is 54.7 Å². The van der Waals surface area contributed by atoms with Gasteiger partial charge in [0.05, 0.1) is 13.0 Å². The van der Waals surface area contributed by atoms with Gasteiger partial charge in [0.15, 0.2) is 0 Å². The molecule has 7 heteroatoms. The van der Waals surface area contributed by atoms with Gasteiger partial charge in [-0.05, 0) is 12.8 Å². The SMILES string of the molecule is COC(=O)CNC(=O)N1CCCC(C(=O)O)C1. The van der Waals surface area contributed by atoms with Crippen molar-refractivity contribution in [2.75, 3.05) is 26.7 Å². The number of piperidine rings is 1. The van der Waals surface area contributed by atoms with Gasteiger partial charge in [0, 0.05) is 13.1 Å². The molecule has 0 aliphatic carbocycles. The normalized spacial score (nSPS) is 19.6. The number of ether oxygens (including phenoxy) is 1. The quantitative estimate of drug-likeness (QED) is 0.662. The van der Waals surface area contributed by atoms with E-state index in [1.54, 1.807) is 0 Å². The van der Waals surface area contributed by atoms with Gasteiger partial charge in [-0.15, -0.1) is 0 Å². The van der Waals surface area contributed by atoms with E-state index in [0.29, 0.717) is 19.4 Å². The van der Waals surface area contributed by atoms with Crippen LogP contribution >= 0.6 is 0 Å². The maximum absolute atomic E-state index is 11.6. The Morgan fingerprint density at radius 2 is 2.18 bits per heavy atom. The summed E-state index contributed by atoms with van der Waals surface area (Å²) in [5, 5.41) is 11.2. The number of amides is 2. The van der Waals surface area contributed by atoms with Crippen LogP contribution in [0.1, 0.15) is 12.8 Å². The fourth-order valence-electron chi connectivity index (χ4n) is 1.69. The molecule has 0 spiro atoms. The number of methoxy groups -OCH3 is 1. The highest BCUT2D eigenvalue weighted by atomic mass is 16.5. The Labute approximate surface area is 98.7 Å². The van der Waals surface area contributed by atoms with E-state index >= 15 is 0 Å². The lowest BCUT2D eigenvalue weighted by molar-refractivity contribution is -0.143. The number of rotatable bonds is 3. The van der Waals surface area contributed by atoms with Gasteiger partial charge < -0.3 is 20.1 Å². The minimum Gasteiger partial charge on any atom is -0.481 e. The molecule has 0 radical (unpaired) electrons. The molecule has 2 amide bonds. The molecule has 96 valence electrons. The number of hydrogen-bond donors (Lipinski definition) is 2. The van der Waals surface area contributed by atoms with Crippen LogP contribution in [0.25, 0.3) is 0 Å². The molecule has 1 rings (SSSR count). The highest BCUT2D eigenvalue weighted by molar-refractivity contribution is 5.81. The monoisotopic (exact) mass is 244 g/mol. The fourth-order valence-corrected chi connectivity index (χ4v) is 1.69. The van der Waals surface area contributed by atoms with Crippen molar-refractivity contribution in [2.45, 2.75) is 12.8 Å². The molecule has 1 heterocycles. The van der Waals surface area contributed by atoms with Crippen LogP contribution in [0.2, 0.25) is 0 Å². The second kappa shape index (κ2) is 6.07. The summed E-state index contributed by atoms with van der Waals surface area (Å²) in [5.74, 6) is -1.95. The molecule has 1 fully saturated rings. The standard InChI is InChI=1S/C10H16N2O5/c1-17-8(13)5-11-10(16)12-4-2-3-7(6-12)9(14)15/h7H,2-6H2,1H3,(H,11,16)(H,14,15). The third-order valence-corrected chi connectivity index (χ3v) is 2.67. The molecular formula is C10H16N2O5. The van der Waals surface area contributed by atoms with Crippen molar-refractivity contribution < 1.29 is 24.2 Å². The van der Waals surface area contributed by atoms with Gasteiger partial charge in [0.25, 0.3) is 0 Å². The van der Waals surface area contributed by atoms with Crippen LogP contribution in [0.5, 0.6) is 0 Å². The molecule has 0 aromatic carbocycles. The van der Waals surface area contributed by atoms with Gasteiger partial charge in [-0.2, -0.15) is 0 Å². The molecular weight excluding hydrogens is 228 g/mol. The molecule has 17 heavy (non-hydrogen) atoms. The van der Waals surface area contributed by atoms with E-state index in [1.165, 1.54) is 12.0 Å². The number of esters is 1. The molecule has 1 aliphatic heterocycles. The summed E-state index contributed by atoms with van der Waals surface area (Å²) in [6.07, 6.45) is 1.23. The first-order chi connectivity index (χ1) is 8.04. The van der Waals surface area contributed by atoms with Crippen molar-refractivity contribution in [1.82, 2.24) is 10.2 Å². The van der Waals surface area contributed by atoms with Crippen LogP contribution in [-0.2, 0) is 14.3 Å². The largest absolute Gasteiger partial charge is 0.481 e. The smallest absolute Gasteiger partial charge is 0.325 e. The van der Waals surface area contributed by atoms with Gasteiger partial charge in [0.2, 0.25) is 0 Å². The number of urea groups is 1. The maximum Gasteiger partial charge on any atom is 0.325 e. The van der Waals surface area contributed by atoms with Crippen LogP contribution in [0, 0.1) is 5.92 Å². The van der Waals surface area contributed by atoms with Crippen molar-refractivity contribution in [3.8, 4) is 0 Å². The number of nitrogens with one attached hydrogen (secondary N) is 1. The third kappa shape index (κ3) is 3.93. The Bertz CT molecular complexity index is 318. The van der Waals surface area contributed by atoms with E-state index in [1.807, 2.05) is 0 Å². The average molecular weight is 244 g/mol. The van der Waals surface area contributed by atoms with Crippen molar-refractivity contribution in [3.05, 3.63) is 0 Å². The fraction of sp³-hybridized carbons (Fsp3) is 0.700. The van der Waals surface area contributed by atoms with Crippen LogP contribution in [0.4, 0.5) is 4.79 Å². The second-order valence-electron chi connectivity index (χ2n) is 3.86. The molecule has 2 N–H and O–H groups in total. The lowest BCUT2D eigenvalue weighted by atomic mass is 9.99. The lowest BCUT2D eigenvalue weighted by Gasteiger charge is -2.30. The van der Waals surface area contributed by atoms with E-state index in [-0.39, 0.29) is 13.1 Å². The molecule has 1 saturated heterocycles. The Hall–Kier alpha value is -1.79. The summed E-state index contributed by atoms with van der Waals surface area (Å²) >= 11 is 0. The molecule has 0 aromatic rings. The molecule has 0 saturated carbocycles. The lowest BCUT2D eigenvalue weighted by Crippen LogP contribution is -2.48. The Kier molecular flexibility index (Phi) is 4.74. The van der Waals surface area contributed by atoms with E-state index in [4.69, 9.17) is 5.11 Å². The number of carboxylic acids is 1. The number of carbonyl (C=O) groups is 3. The van der Waals surface area contributed by atoms with Crippen LogP contribution in [0.15, 0.2) is 0 Å². The number of carboxylic acid groups (broad SMARTS) is 1. The first-order valence-corrected chi connectivity index (χ1v) is 5.37. The summed E-state index contributed by atoms with van der Waals surface area (Å²) in [6, 6.07) is -0.429. The van der Waals surface area contributed by atoms with E-state index in [9.17, 15) is 14.4 Å². The molecule has 0 bridgehead atoms. The van der Waals surface area contributed by atoms with Gasteiger partial charge >= 0.3 is 18.0 Å².